The van der Waals surface area contributed by atoms with Crippen molar-refractivity contribution in [2.45, 2.75) is 6.42 Å². The van der Waals surface area contributed by atoms with E-state index < -0.39 is 0 Å². The molecule has 0 saturated carbocycles. The van der Waals surface area contributed by atoms with Gasteiger partial charge < -0.3 is 8.98 Å². The Hall–Kier alpha value is -4.82. The van der Waals surface area contributed by atoms with Crippen molar-refractivity contribution in [2.24, 2.45) is 0 Å². The first-order valence-corrected chi connectivity index (χ1v) is 12.7. The quantitative estimate of drug-likeness (QED) is 0.250. The molecule has 0 spiro atoms. The van der Waals surface area contributed by atoms with Crippen molar-refractivity contribution in [2.75, 3.05) is 0 Å². The number of benzene rings is 6. The zero-order chi connectivity index (χ0) is 24.3. The number of fused-ring (bicyclic) bond motifs is 7. The highest BCUT2D eigenvalue weighted by molar-refractivity contribution is 6.11. The predicted molar refractivity (Wildman–Crippen MR) is 155 cm³/mol. The molecule has 0 unspecified atom stereocenters. The van der Waals surface area contributed by atoms with Gasteiger partial charge in [0.05, 0.1) is 11.0 Å². The van der Waals surface area contributed by atoms with E-state index in [0.29, 0.717) is 0 Å². The lowest BCUT2D eigenvalue weighted by Gasteiger charge is -2.08. The molecule has 0 aliphatic rings. The van der Waals surface area contributed by atoms with Gasteiger partial charge in [-0.15, -0.1) is 0 Å². The number of hydrogen-bond acceptors (Lipinski definition) is 1. The SMILES string of the molecule is c1ccc(-n2c3ccccc3c3cc(Cc4ccc5oc6cc7ccccc7cc6c5c4)ccc32)cc1. The molecule has 2 heterocycles. The van der Waals surface area contributed by atoms with Gasteiger partial charge in [0.1, 0.15) is 11.2 Å². The Kier molecular flexibility index (Phi) is 4.32. The van der Waals surface area contributed by atoms with Gasteiger partial charge in [0.25, 0.3) is 0 Å². The molecule has 0 aliphatic heterocycles. The number of para-hydroxylation sites is 2. The molecule has 6 aromatic carbocycles. The summed E-state index contributed by atoms with van der Waals surface area (Å²) in [7, 11) is 0. The van der Waals surface area contributed by atoms with Gasteiger partial charge in [0, 0.05) is 27.2 Å². The number of hydrogen-bond donors (Lipinski definition) is 0. The molecule has 2 nitrogen and oxygen atoms in total. The maximum Gasteiger partial charge on any atom is 0.136 e. The van der Waals surface area contributed by atoms with Crippen LogP contribution in [0.3, 0.4) is 0 Å². The average Bonchev–Trinajstić information content (AvgIpc) is 3.47. The standard InChI is InChI=1S/C35H23NO/c1-2-10-27(11-3-1)36-32-13-7-6-12-28(32)29-19-23(14-16-33(29)36)18-24-15-17-34-30(20-24)31-21-25-8-4-5-9-26(25)22-35(31)37-34/h1-17,19-22H,18H2. The van der Waals surface area contributed by atoms with Crippen LogP contribution in [0.5, 0.6) is 0 Å². The van der Waals surface area contributed by atoms with Crippen molar-refractivity contribution in [3.63, 3.8) is 0 Å². The molecule has 8 aromatic rings. The van der Waals surface area contributed by atoms with Crippen LogP contribution < -0.4 is 0 Å². The van der Waals surface area contributed by atoms with Gasteiger partial charge in [-0.1, -0.05) is 72.8 Å². The number of furan rings is 1. The second kappa shape index (κ2) is 7.84. The van der Waals surface area contributed by atoms with E-state index in [0.717, 1.165) is 17.6 Å². The van der Waals surface area contributed by atoms with Gasteiger partial charge in [-0.05, 0) is 82.9 Å². The first-order valence-electron chi connectivity index (χ1n) is 12.7. The first kappa shape index (κ1) is 20.4. The highest BCUT2D eigenvalue weighted by Crippen LogP contribution is 2.35. The minimum Gasteiger partial charge on any atom is -0.456 e. The molecule has 37 heavy (non-hydrogen) atoms. The van der Waals surface area contributed by atoms with Crippen molar-refractivity contribution in [3.05, 3.63) is 139 Å². The summed E-state index contributed by atoms with van der Waals surface area (Å²) in [5.74, 6) is 0. The fourth-order valence-corrected chi connectivity index (χ4v) is 5.84. The molecule has 0 N–H and O–H groups in total. The second-order valence-corrected chi connectivity index (χ2v) is 9.84. The summed E-state index contributed by atoms with van der Waals surface area (Å²) in [6.45, 7) is 0. The summed E-state index contributed by atoms with van der Waals surface area (Å²) < 4.78 is 8.58. The molecule has 174 valence electrons. The third-order valence-corrected chi connectivity index (χ3v) is 7.56. The van der Waals surface area contributed by atoms with Gasteiger partial charge in [-0.25, -0.2) is 0 Å². The second-order valence-electron chi connectivity index (χ2n) is 9.84. The van der Waals surface area contributed by atoms with Gasteiger partial charge >= 0.3 is 0 Å². The summed E-state index contributed by atoms with van der Waals surface area (Å²) >= 11 is 0. The molecule has 0 aliphatic carbocycles. The molecule has 0 bridgehead atoms. The Morgan fingerprint density at radius 2 is 1.11 bits per heavy atom. The van der Waals surface area contributed by atoms with Crippen LogP contribution in [-0.2, 0) is 6.42 Å². The molecule has 0 saturated heterocycles. The van der Waals surface area contributed by atoms with Crippen LogP contribution in [0, 0.1) is 0 Å². The van der Waals surface area contributed by atoms with Gasteiger partial charge in [-0.3, -0.25) is 0 Å². The maximum absolute atomic E-state index is 6.21. The topological polar surface area (TPSA) is 18.1 Å². The van der Waals surface area contributed by atoms with Crippen molar-refractivity contribution in [3.8, 4) is 5.69 Å². The Morgan fingerprint density at radius 1 is 0.459 bits per heavy atom. The summed E-state index contributed by atoms with van der Waals surface area (Å²) in [6.07, 6.45) is 0.872. The van der Waals surface area contributed by atoms with Crippen LogP contribution in [-0.4, -0.2) is 4.57 Å². The number of aromatic nitrogens is 1. The average molecular weight is 474 g/mol. The zero-order valence-electron chi connectivity index (χ0n) is 20.2. The van der Waals surface area contributed by atoms with E-state index >= 15 is 0 Å². The molecular weight excluding hydrogens is 450 g/mol. The van der Waals surface area contributed by atoms with Gasteiger partial charge in [0.2, 0.25) is 0 Å². The lowest BCUT2D eigenvalue weighted by molar-refractivity contribution is 0.669. The minimum absolute atomic E-state index is 0.872. The van der Waals surface area contributed by atoms with E-state index in [1.165, 1.54) is 60.2 Å². The van der Waals surface area contributed by atoms with E-state index in [2.05, 4.69) is 132 Å². The summed E-state index contributed by atoms with van der Waals surface area (Å²) in [5.41, 5.74) is 8.14. The van der Waals surface area contributed by atoms with E-state index in [9.17, 15) is 0 Å². The molecule has 2 aromatic heterocycles. The molecule has 0 atom stereocenters. The highest BCUT2D eigenvalue weighted by atomic mass is 16.3. The fraction of sp³-hybridized carbons (Fsp3) is 0.0286. The van der Waals surface area contributed by atoms with Crippen LogP contribution in [0.25, 0.3) is 60.2 Å². The third kappa shape index (κ3) is 3.19. The Morgan fingerprint density at radius 3 is 1.97 bits per heavy atom. The zero-order valence-corrected chi connectivity index (χ0v) is 20.2. The van der Waals surface area contributed by atoms with Crippen molar-refractivity contribution < 1.29 is 4.42 Å². The lowest BCUT2D eigenvalue weighted by Crippen LogP contribution is -1.93. The summed E-state index contributed by atoms with van der Waals surface area (Å²) in [6, 6.07) is 45.7. The molecule has 2 heteroatoms. The largest absolute Gasteiger partial charge is 0.456 e. The molecule has 0 fully saturated rings. The van der Waals surface area contributed by atoms with E-state index in [-0.39, 0.29) is 0 Å². The molecule has 8 rings (SSSR count). The number of nitrogens with zero attached hydrogens (tertiary/aromatic N) is 1. The van der Waals surface area contributed by atoms with Gasteiger partial charge in [0.15, 0.2) is 0 Å². The van der Waals surface area contributed by atoms with Gasteiger partial charge in [-0.2, -0.15) is 0 Å². The minimum atomic E-state index is 0.872. The summed E-state index contributed by atoms with van der Waals surface area (Å²) in [5, 5.41) is 7.38. The lowest BCUT2D eigenvalue weighted by atomic mass is 10.00. The fourth-order valence-electron chi connectivity index (χ4n) is 5.84. The van der Waals surface area contributed by atoms with Crippen molar-refractivity contribution in [1.82, 2.24) is 4.57 Å². The van der Waals surface area contributed by atoms with Crippen LogP contribution in [0.2, 0.25) is 0 Å². The normalized spacial score (nSPS) is 11.9. The van der Waals surface area contributed by atoms with Crippen LogP contribution in [0.4, 0.5) is 0 Å². The Balaban J connectivity index is 1.25. The molecule has 0 radical (unpaired) electrons. The first-order chi connectivity index (χ1) is 18.3. The predicted octanol–water partition coefficient (Wildman–Crippen LogP) is 9.43. The van der Waals surface area contributed by atoms with E-state index in [1.807, 2.05) is 0 Å². The summed E-state index contributed by atoms with van der Waals surface area (Å²) in [4.78, 5) is 0. The van der Waals surface area contributed by atoms with E-state index in [4.69, 9.17) is 4.42 Å². The van der Waals surface area contributed by atoms with Crippen LogP contribution in [0.15, 0.2) is 132 Å². The monoisotopic (exact) mass is 473 g/mol. The Bertz CT molecular complexity index is 2110. The highest BCUT2D eigenvalue weighted by Gasteiger charge is 2.13. The maximum atomic E-state index is 6.21. The molecule has 0 amide bonds. The number of rotatable bonds is 3. The van der Waals surface area contributed by atoms with Crippen LogP contribution >= 0.6 is 0 Å². The third-order valence-electron chi connectivity index (χ3n) is 7.56. The van der Waals surface area contributed by atoms with E-state index in [1.54, 1.807) is 0 Å². The smallest absolute Gasteiger partial charge is 0.136 e. The molecular formula is C35H23NO. The van der Waals surface area contributed by atoms with Crippen LogP contribution in [0.1, 0.15) is 11.1 Å². The Labute approximate surface area is 214 Å². The van der Waals surface area contributed by atoms with Crippen molar-refractivity contribution >= 4 is 54.5 Å². The van der Waals surface area contributed by atoms with Crippen molar-refractivity contribution in [1.29, 1.82) is 0 Å².